The van der Waals surface area contributed by atoms with E-state index in [1.165, 1.54) is 0 Å². The molecular formula is C18H25N3O4S. The van der Waals surface area contributed by atoms with Gasteiger partial charge in [-0.1, -0.05) is 18.2 Å². The van der Waals surface area contributed by atoms with Crippen LogP contribution >= 0.6 is 0 Å². The van der Waals surface area contributed by atoms with E-state index in [4.69, 9.17) is 0 Å². The molecule has 7 nitrogen and oxygen atoms in total. The molecule has 2 saturated heterocycles. The summed E-state index contributed by atoms with van der Waals surface area (Å²) in [6, 6.07) is 9.45. The number of hydrogen-bond donors (Lipinski definition) is 0. The minimum atomic E-state index is -2.93. The predicted molar refractivity (Wildman–Crippen MR) is 99.7 cm³/mol. The number of rotatable bonds is 5. The normalized spacial score (nSPS) is 22.8. The minimum absolute atomic E-state index is 0.00985. The zero-order chi connectivity index (χ0) is 18.7. The van der Waals surface area contributed by atoms with Gasteiger partial charge in [-0.2, -0.15) is 0 Å². The van der Waals surface area contributed by atoms with Crippen molar-refractivity contribution < 1.29 is 18.0 Å². The van der Waals surface area contributed by atoms with Gasteiger partial charge in [0, 0.05) is 37.8 Å². The summed E-state index contributed by atoms with van der Waals surface area (Å²) in [6.07, 6.45) is 0.924. The Morgan fingerprint density at radius 1 is 1.23 bits per heavy atom. The Kier molecular flexibility index (Phi) is 5.62. The molecule has 8 heteroatoms. The fourth-order valence-electron chi connectivity index (χ4n) is 3.50. The smallest absolute Gasteiger partial charge is 0.246 e. The van der Waals surface area contributed by atoms with Crippen LogP contribution in [0.15, 0.2) is 30.3 Å². The van der Waals surface area contributed by atoms with Crippen LogP contribution in [0.4, 0.5) is 5.69 Å². The molecule has 1 aromatic carbocycles. The number of hydrogen-bond acceptors (Lipinski definition) is 5. The fraction of sp³-hybridized carbons (Fsp3) is 0.556. The number of amides is 2. The third-order valence-electron chi connectivity index (χ3n) is 5.15. The summed E-state index contributed by atoms with van der Waals surface area (Å²) in [4.78, 5) is 30.1. The fourth-order valence-corrected chi connectivity index (χ4v) is 5.31. The first-order valence-electron chi connectivity index (χ1n) is 8.89. The quantitative estimate of drug-likeness (QED) is 0.739. The SMILES string of the molecule is CN(CCC(=O)N1CCN(c2ccccc2)C(=O)C1)[C@H]1CCS(=O)(=O)C1. The molecule has 0 N–H and O–H groups in total. The monoisotopic (exact) mass is 379 g/mol. The predicted octanol–water partition coefficient (Wildman–Crippen LogP) is 0.371. The van der Waals surface area contributed by atoms with Gasteiger partial charge in [0.25, 0.3) is 0 Å². The van der Waals surface area contributed by atoms with E-state index >= 15 is 0 Å². The summed E-state index contributed by atoms with van der Waals surface area (Å²) in [5, 5.41) is 0. The molecule has 2 aliphatic rings. The van der Waals surface area contributed by atoms with Gasteiger partial charge < -0.3 is 14.7 Å². The molecule has 0 spiro atoms. The van der Waals surface area contributed by atoms with E-state index in [0.29, 0.717) is 32.5 Å². The third kappa shape index (κ3) is 4.42. The van der Waals surface area contributed by atoms with E-state index in [0.717, 1.165) is 5.69 Å². The Bertz CT molecular complexity index is 766. The molecular weight excluding hydrogens is 354 g/mol. The molecule has 1 atom stereocenters. The number of nitrogens with zero attached hydrogens (tertiary/aromatic N) is 3. The van der Waals surface area contributed by atoms with E-state index in [9.17, 15) is 18.0 Å². The van der Waals surface area contributed by atoms with Crippen molar-refractivity contribution in [1.29, 1.82) is 0 Å². The van der Waals surface area contributed by atoms with Gasteiger partial charge in [-0.15, -0.1) is 0 Å². The third-order valence-corrected chi connectivity index (χ3v) is 6.90. The van der Waals surface area contributed by atoms with Crippen LogP contribution in [0.5, 0.6) is 0 Å². The van der Waals surface area contributed by atoms with Crippen molar-refractivity contribution in [3.8, 4) is 0 Å². The Hall–Kier alpha value is -1.93. The lowest BCUT2D eigenvalue weighted by molar-refractivity contribution is -0.137. The molecule has 142 valence electrons. The van der Waals surface area contributed by atoms with Crippen molar-refractivity contribution in [2.75, 3.05) is 49.6 Å². The largest absolute Gasteiger partial charge is 0.332 e. The highest BCUT2D eigenvalue weighted by Crippen LogP contribution is 2.18. The number of carbonyl (C=O) groups is 2. The molecule has 0 aromatic heterocycles. The number of anilines is 1. The molecule has 2 heterocycles. The van der Waals surface area contributed by atoms with E-state index in [1.54, 1.807) is 9.80 Å². The van der Waals surface area contributed by atoms with Crippen molar-refractivity contribution in [3.63, 3.8) is 0 Å². The highest BCUT2D eigenvalue weighted by Gasteiger charge is 2.32. The van der Waals surface area contributed by atoms with Crippen LogP contribution in [0.2, 0.25) is 0 Å². The lowest BCUT2D eigenvalue weighted by Gasteiger charge is -2.34. The highest BCUT2D eigenvalue weighted by atomic mass is 32.2. The van der Waals surface area contributed by atoms with Crippen molar-refractivity contribution in [3.05, 3.63) is 30.3 Å². The van der Waals surface area contributed by atoms with Gasteiger partial charge in [-0.3, -0.25) is 9.59 Å². The summed E-state index contributed by atoms with van der Waals surface area (Å²) in [5.74, 6) is 0.266. The Morgan fingerprint density at radius 3 is 2.58 bits per heavy atom. The van der Waals surface area contributed by atoms with Crippen LogP contribution in [-0.2, 0) is 19.4 Å². The van der Waals surface area contributed by atoms with E-state index in [1.807, 2.05) is 42.3 Å². The number of benzene rings is 1. The van der Waals surface area contributed by atoms with E-state index < -0.39 is 9.84 Å². The Morgan fingerprint density at radius 2 is 1.96 bits per heavy atom. The van der Waals surface area contributed by atoms with Crippen molar-refractivity contribution >= 4 is 27.3 Å². The van der Waals surface area contributed by atoms with Crippen molar-refractivity contribution in [2.45, 2.75) is 18.9 Å². The zero-order valence-electron chi connectivity index (χ0n) is 15.0. The maximum atomic E-state index is 12.4. The number of sulfone groups is 1. The zero-order valence-corrected chi connectivity index (χ0v) is 15.8. The summed E-state index contributed by atoms with van der Waals surface area (Å²) in [5.41, 5.74) is 0.853. The molecule has 2 fully saturated rings. The minimum Gasteiger partial charge on any atom is -0.332 e. The van der Waals surface area contributed by atoms with Crippen LogP contribution in [0.3, 0.4) is 0 Å². The highest BCUT2D eigenvalue weighted by molar-refractivity contribution is 7.91. The molecule has 2 aliphatic heterocycles. The van der Waals surface area contributed by atoms with Crippen LogP contribution in [0.1, 0.15) is 12.8 Å². The van der Waals surface area contributed by atoms with E-state index in [-0.39, 0.29) is 35.9 Å². The molecule has 0 unspecified atom stereocenters. The average Bonchev–Trinajstić information content (AvgIpc) is 3.00. The van der Waals surface area contributed by atoms with Crippen LogP contribution in [0.25, 0.3) is 0 Å². The molecule has 1 aromatic rings. The first kappa shape index (κ1) is 18.8. The maximum absolute atomic E-state index is 12.4. The Balaban J connectivity index is 1.48. The number of piperazine rings is 1. The first-order chi connectivity index (χ1) is 12.4. The molecule has 0 bridgehead atoms. The van der Waals surface area contributed by atoms with Crippen LogP contribution in [-0.4, -0.2) is 80.8 Å². The van der Waals surface area contributed by atoms with Gasteiger partial charge in [-0.25, -0.2) is 8.42 Å². The summed E-state index contributed by atoms with van der Waals surface area (Å²) < 4.78 is 23.1. The second-order valence-electron chi connectivity index (χ2n) is 6.98. The Labute approximate surface area is 154 Å². The average molecular weight is 379 g/mol. The van der Waals surface area contributed by atoms with Gasteiger partial charge >= 0.3 is 0 Å². The van der Waals surface area contributed by atoms with Crippen LogP contribution in [0, 0.1) is 0 Å². The molecule has 0 radical (unpaired) electrons. The first-order valence-corrected chi connectivity index (χ1v) is 10.7. The van der Waals surface area contributed by atoms with Crippen molar-refractivity contribution in [1.82, 2.24) is 9.80 Å². The van der Waals surface area contributed by atoms with Gasteiger partial charge in [0.1, 0.15) is 6.54 Å². The molecule has 2 amide bonds. The van der Waals surface area contributed by atoms with Gasteiger partial charge in [0.15, 0.2) is 9.84 Å². The lowest BCUT2D eigenvalue weighted by Crippen LogP contribution is -2.52. The second-order valence-corrected chi connectivity index (χ2v) is 9.21. The second kappa shape index (κ2) is 7.75. The van der Waals surface area contributed by atoms with Gasteiger partial charge in [0.2, 0.25) is 11.8 Å². The number of carbonyl (C=O) groups excluding carboxylic acids is 2. The molecule has 0 aliphatic carbocycles. The lowest BCUT2D eigenvalue weighted by atomic mass is 10.2. The summed E-state index contributed by atoms with van der Waals surface area (Å²) in [7, 11) is -1.07. The molecule has 26 heavy (non-hydrogen) atoms. The topological polar surface area (TPSA) is 78.0 Å². The summed E-state index contributed by atoms with van der Waals surface area (Å²) in [6.45, 7) is 1.60. The maximum Gasteiger partial charge on any atom is 0.246 e. The standard InChI is InChI=1S/C18H25N3O4S/c1-19(16-8-12-26(24,25)14-16)9-7-17(22)20-10-11-21(18(23)13-20)15-5-3-2-4-6-15/h2-6,16H,7-14H2,1H3/t16-/m0/s1. The van der Waals surface area contributed by atoms with Crippen LogP contribution < -0.4 is 4.90 Å². The van der Waals surface area contributed by atoms with Crippen molar-refractivity contribution in [2.24, 2.45) is 0 Å². The van der Waals surface area contributed by atoms with Gasteiger partial charge in [-0.05, 0) is 25.6 Å². The molecule has 3 rings (SSSR count). The molecule has 0 saturated carbocycles. The van der Waals surface area contributed by atoms with Gasteiger partial charge in [0.05, 0.1) is 11.5 Å². The number of para-hydroxylation sites is 1. The van der Waals surface area contributed by atoms with E-state index in [2.05, 4.69) is 0 Å². The summed E-state index contributed by atoms with van der Waals surface area (Å²) >= 11 is 0.